The Balaban J connectivity index is 2.65. The Labute approximate surface area is 73.4 Å². The maximum atomic E-state index is 10.8. The Hall–Kier alpha value is -0.570. The van der Waals surface area contributed by atoms with Crippen LogP contribution in [0, 0.1) is 5.92 Å². The topological polar surface area (TPSA) is 40.5 Å². The average molecular weight is 171 g/mol. The molecule has 1 fully saturated rings. The molecule has 12 heavy (non-hydrogen) atoms. The molecule has 1 aliphatic rings. The lowest BCUT2D eigenvalue weighted by molar-refractivity contribution is -0.142. The lowest BCUT2D eigenvalue weighted by Crippen LogP contribution is -2.40. The first-order valence-corrected chi connectivity index (χ1v) is 4.51. The number of carboxylic acid groups (broad SMARTS) is 1. The van der Waals surface area contributed by atoms with Gasteiger partial charge in [-0.2, -0.15) is 0 Å². The summed E-state index contributed by atoms with van der Waals surface area (Å²) in [4.78, 5) is 12.9. The van der Waals surface area contributed by atoms with Crippen LogP contribution in [0.5, 0.6) is 0 Å². The van der Waals surface area contributed by atoms with Crippen LogP contribution < -0.4 is 0 Å². The third kappa shape index (κ3) is 1.78. The molecule has 2 atom stereocenters. The number of hydrogen-bond donors (Lipinski definition) is 1. The Kier molecular flexibility index (Phi) is 2.73. The monoisotopic (exact) mass is 171 g/mol. The third-order valence-electron chi connectivity index (χ3n) is 2.50. The van der Waals surface area contributed by atoms with Gasteiger partial charge in [0.1, 0.15) is 6.04 Å². The largest absolute Gasteiger partial charge is 0.480 e. The van der Waals surface area contributed by atoms with Crippen LogP contribution in [-0.4, -0.2) is 34.6 Å². The normalized spacial score (nSPS) is 31.3. The SMILES string of the molecule is CC(C)N1C[C@@H](C)C[C@H]1C(=O)O. The highest BCUT2D eigenvalue weighted by atomic mass is 16.4. The maximum Gasteiger partial charge on any atom is 0.320 e. The van der Waals surface area contributed by atoms with E-state index >= 15 is 0 Å². The van der Waals surface area contributed by atoms with Crippen molar-refractivity contribution in [3.63, 3.8) is 0 Å². The van der Waals surface area contributed by atoms with Crippen molar-refractivity contribution < 1.29 is 9.90 Å². The number of rotatable bonds is 2. The first-order chi connectivity index (χ1) is 5.52. The van der Waals surface area contributed by atoms with E-state index < -0.39 is 5.97 Å². The Morgan fingerprint density at radius 2 is 2.17 bits per heavy atom. The van der Waals surface area contributed by atoms with Crippen LogP contribution in [0.25, 0.3) is 0 Å². The molecular formula is C9H17NO2. The van der Waals surface area contributed by atoms with Crippen LogP contribution in [0.2, 0.25) is 0 Å². The molecule has 0 aliphatic carbocycles. The fourth-order valence-electron chi connectivity index (χ4n) is 1.89. The van der Waals surface area contributed by atoms with E-state index in [0.29, 0.717) is 12.0 Å². The van der Waals surface area contributed by atoms with E-state index in [9.17, 15) is 4.79 Å². The highest BCUT2D eigenvalue weighted by Gasteiger charge is 2.35. The van der Waals surface area contributed by atoms with Crippen molar-refractivity contribution in [3.8, 4) is 0 Å². The summed E-state index contributed by atoms with van der Waals surface area (Å²) in [5.41, 5.74) is 0. The second-order valence-electron chi connectivity index (χ2n) is 3.99. The van der Waals surface area contributed by atoms with Crippen LogP contribution in [0.3, 0.4) is 0 Å². The zero-order valence-corrected chi connectivity index (χ0v) is 7.95. The van der Waals surface area contributed by atoms with Crippen molar-refractivity contribution >= 4 is 5.97 Å². The molecule has 0 aromatic heterocycles. The van der Waals surface area contributed by atoms with Gasteiger partial charge in [-0.25, -0.2) is 0 Å². The number of carboxylic acids is 1. The molecule has 0 amide bonds. The number of aliphatic carboxylic acids is 1. The predicted molar refractivity (Wildman–Crippen MR) is 47.0 cm³/mol. The van der Waals surface area contributed by atoms with Gasteiger partial charge in [0.2, 0.25) is 0 Å². The quantitative estimate of drug-likeness (QED) is 0.678. The van der Waals surface area contributed by atoms with Crippen LogP contribution in [0.15, 0.2) is 0 Å². The summed E-state index contributed by atoms with van der Waals surface area (Å²) in [6.45, 7) is 7.13. The van der Waals surface area contributed by atoms with Crippen molar-refractivity contribution in [1.82, 2.24) is 4.90 Å². The van der Waals surface area contributed by atoms with E-state index in [1.165, 1.54) is 0 Å². The van der Waals surface area contributed by atoms with Crippen LogP contribution in [-0.2, 0) is 4.79 Å². The summed E-state index contributed by atoms with van der Waals surface area (Å²) in [6, 6.07) is 0.0936. The molecule has 0 saturated carbocycles. The van der Waals surface area contributed by atoms with Gasteiger partial charge in [0, 0.05) is 12.6 Å². The summed E-state index contributed by atoms with van der Waals surface area (Å²) < 4.78 is 0. The standard InChI is InChI=1S/C9H17NO2/c1-6(2)10-5-7(3)4-8(10)9(11)12/h6-8H,4-5H2,1-3H3,(H,11,12)/t7-,8-/m0/s1. The van der Waals surface area contributed by atoms with Gasteiger partial charge < -0.3 is 5.11 Å². The van der Waals surface area contributed by atoms with Crippen molar-refractivity contribution in [2.75, 3.05) is 6.54 Å². The number of hydrogen-bond acceptors (Lipinski definition) is 2. The van der Waals surface area contributed by atoms with Gasteiger partial charge in [-0.05, 0) is 26.2 Å². The molecule has 0 unspecified atom stereocenters. The number of nitrogens with zero attached hydrogens (tertiary/aromatic N) is 1. The summed E-state index contributed by atoms with van der Waals surface area (Å²) in [7, 11) is 0. The second kappa shape index (κ2) is 3.44. The van der Waals surface area contributed by atoms with Crippen molar-refractivity contribution in [1.29, 1.82) is 0 Å². The molecule has 0 aromatic carbocycles. The van der Waals surface area contributed by atoms with Crippen molar-refractivity contribution in [3.05, 3.63) is 0 Å². The zero-order valence-electron chi connectivity index (χ0n) is 7.95. The molecule has 1 aliphatic heterocycles. The maximum absolute atomic E-state index is 10.8. The van der Waals surface area contributed by atoms with E-state index in [1.54, 1.807) is 0 Å². The molecule has 0 bridgehead atoms. The van der Waals surface area contributed by atoms with Gasteiger partial charge in [0.05, 0.1) is 0 Å². The molecule has 1 heterocycles. The van der Waals surface area contributed by atoms with Gasteiger partial charge in [0.25, 0.3) is 0 Å². The fraction of sp³-hybridized carbons (Fsp3) is 0.889. The van der Waals surface area contributed by atoms with E-state index in [4.69, 9.17) is 5.11 Å². The van der Waals surface area contributed by atoms with E-state index in [-0.39, 0.29) is 6.04 Å². The smallest absolute Gasteiger partial charge is 0.320 e. The van der Waals surface area contributed by atoms with E-state index in [2.05, 4.69) is 11.8 Å². The molecule has 3 heteroatoms. The summed E-state index contributed by atoms with van der Waals surface area (Å²) in [5.74, 6) is -0.151. The Morgan fingerprint density at radius 3 is 2.50 bits per heavy atom. The van der Waals surface area contributed by atoms with Gasteiger partial charge >= 0.3 is 5.97 Å². The predicted octanol–water partition coefficient (Wildman–Crippen LogP) is 1.19. The number of carbonyl (C=O) groups is 1. The Morgan fingerprint density at radius 1 is 1.58 bits per heavy atom. The highest BCUT2D eigenvalue weighted by Crippen LogP contribution is 2.24. The minimum absolute atomic E-state index is 0.250. The summed E-state index contributed by atoms with van der Waals surface area (Å²) >= 11 is 0. The molecule has 1 N–H and O–H groups in total. The van der Waals surface area contributed by atoms with Crippen molar-refractivity contribution in [2.45, 2.75) is 39.3 Å². The van der Waals surface area contributed by atoms with E-state index in [0.717, 1.165) is 13.0 Å². The van der Waals surface area contributed by atoms with Gasteiger partial charge in [-0.3, -0.25) is 9.69 Å². The van der Waals surface area contributed by atoms with Crippen LogP contribution in [0.4, 0.5) is 0 Å². The molecular weight excluding hydrogens is 154 g/mol. The average Bonchev–Trinajstić information content (AvgIpc) is 2.31. The second-order valence-corrected chi connectivity index (χ2v) is 3.99. The summed E-state index contributed by atoms with van der Waals surface area (Å²) in [6.07, 6.45) is 0.799. The molecule has 1 saturated heterocycles. The summed E-state index contributed by atoms with van der Waals surface area (Å²) in [5, 5.41) is 8.91. The first-order valence-electron chi connectivity index (χ1n) is 4.51. The van der Waals surface area contributed by atoms with Crippen molar-refractivity contribution in [2.24, 2.45) is 5.92 Å². The van der Waals surface area contributed by atoms with Crippen LogP contribution in [0.1, 0.15) is 27.2 Å². The third-order valence-corrected chi connectivity index (χ3v) is 2.50. The first kappa shape index (κ1) is 9.52. The molecule has 1 rings (SSSR count). The Bertz CT molecular complexity index is 179. The van der Waals surface area contributed by atoms with Gasteiger partial charge in [-0.15, -0.1) is 0 Å². The zero-order chi connectivity index (χ0) is 9.30. The number of likely N-dealkylation sites (tertiary alicyclic amines) is 1. The minimum Gasteiger partial charge on any atom is -0.480 e. The van der Waals surface area contributed by atoms with E-state index in [1.807, 2.05) is 13.8 Å². The minimum atomic E-state index is -0.673. The lowest BCUT2D eigenvalue weighted by Gasteiger charge is -2.24. The molecule has 70 valence electrons. The fourth-order valence-corrected chi connectivity index (χ4v) is 1.89. The molecule has 0 radical (unpaired) electrons. The molecule has 0 aromatic rings. The highest BCUT2D eigenvalue weighted by molar-refractivity contribution is 5.73. The van der Waals surface area contributed by atoms with Gasteiger partial charge in [-0.1, -0.05) is 6.92 Å². The van der Waals surface area contributed by atoms with Crippen LogP contribution >= 0.6 is 0 Å². The molecule has 0 spiro atoms. The lowest BCUT2D eigenvalue weighted by atomic mass is 10.1. The molecule has 3 nitrogen and oxygen atoms in total. The van der Waals surface area contributed by atoms with Gasteiger partial charge in [0.15, 0.2) is 0 Å².